The molecule has 6 nitrogen and oxygen atoms in total. The third kappa shape index (κ3) is 2.57. The summed E-state index contributed by atoms with van der Waals surface area (Å²) in [5, 5.41) is 5.51. The minimum Gasteiger partial charge on any atom is -0.462 e. The van der Waals surface area contributed by atoms with E-state index in [1.807, 2.05) is 0 Å². The fourth-order valence-electron chi connectivity index (χ4n) is 2.05. The molecule has 1 saturated heterocycles. The van der Waals surface area contributed by atoms with Gasteiger partial charge in [-0.05, 0) is 44.6 Å². The quantitative estimate of drug-likeness (QED) is 0.442. The van der Waals surface area contributed by atoms with Crippen LogP contribution in [0.2, 0.25) is 0 Å². The van der Waals surface area contributed by atoms with Crippen molar-refractivity contribution in [2.24, 2.45) is 0 Å². The standard InChI is InChI=1S/C13H15N3O3S/c1-4-19-12(18)10-6(2)8(14-7(10)3)5-9-11(17)16-13(20)15-9/h5,14H,4H2,1-3H3,(H2,15,16,17,20)/b9-5-. The van der Waals surface area contributed by atoms with Crippen molar-refractivity contribution in [3.05, 3.63) is 28.2 Å². The average molecular weight is 293 g/mol. The molecule has 0 spiro atoms. The minimum absolute atomic E-state index is 0.271. The Kier molecular flexibility index (Phi) is 3.89. The predicted octanol–water partition coefficient (Wildman–Crippen LogP) is 1.15. The Morgan fingerprint density at radius 2 is 2.05 bits per heavy atom. The number of thiocarbonyl (C=S) groups is 1. The number of nitrogens with one attached hydrogen (secondary N) is 3. The number of carbonyl (C=O) groups is 2. The van der Waals surface area contributed by atoms with Crippen LogP contribution in [-0.2, 0) is 9.53 Å². The lowest BCUT2D eigenvalue weighted by Crippen LogP contribution is -2.21. The third-order valence-electron chi connectivity index (χ3n) is 2.96. The first-order chi connectivity index (χ1) is 9.43. The molecule has 0 saturated carbocycles. The fraction of sp³-hybridized carbons (Fsp3) is 0.308. The van der Waals surface area contributed by atoms with E-state index < -0.39 is 0 Å². The van der Waals surface area contributed by atoms with Gasteiger partial charge < -0.3 is 15.0 Å². The van der Waals surface area contributed by atoms with E-state index in [1.54, 1.807) is 26.8 Å². The van der Waals surface area contributed by atoms with Crippen LogP contribution in [0.5, 0.6) is 0 Å². The van der Waals surface area contributed by atoms with Crippen molar-refractivity contribution in [2.45, 2.75) is 20.8 Å². The highest BCUT2D eigenvalue weighted by Crippen LogP contribution is 2.21. The van der Waals surface area contributed by atoms with E-state index >= 15 is 0 Å². The first-order valence-corrected chi connectivity index (χ1v) is 6.55. The van der Waals surface area contributed by atoms with Gasteiger partial charge in [0, 0.05) is 11.4 Å². The van der Waals surface area contributed by atoms with Crippen LogP contribution in [0.15, 0.2) is 5.70 Å². The summed E-state index contributed by atoms with van der Waals surface area (Å²) in [6.45, 7) is 5.66. The monoisotopic (exact) mass is 293 g/mol. The number of aromatic amines is 1. The van der Waals surface area contributed by atoms with Crippen LogP contribution < -0.4 is 10.6 Å². The van der Waals surface area contributed by atoms with Crippen molar-refractivity contribution in [3.8, 4) is 0 Å². The van der Waals surface area contributed by atoms with Gasteiger partial charge in [0.2, 0.25) is 0 Å². The number of rotatable bonds is 3. The van der Waals surface area contributed by atoms with Gasteiger partial charge >= 0.3 is 5.97 Å². The van der Waals surface area contributed by atoms with E-state index in [2.05, 4.69) is 15.6 Å². The molecule has 0 radical (unpaired) electrons. The number of ether oxygens (including phenoxy) is 1. The van der Waals surface area contributed by atoms with Crippen LogP contribution in [0.3, 0.4) is 0 Å². The molecule has 0 aliphatic carbocycles. The van der Waals surface area contributed by atoms with E-state index in [4.69, 9.17) is 17.0 Å². The summed E-state index contributed by atoms with van der Waals surface area (Å²) in [5.41, 5.74) is 2.96. The lowest BCUT2D eigenvalue weighted by Gasteiger charge is -2.02. The van der Waals surface area contributed by atoms with E-state index in [-0.39, 0.29) is 17.0 Å². The summed E-state index contributed by atoms with van der Waals surface area (Å²) in [5.74, 6) is -0.665. The van der Waals surface area contributed by atoms with Gasteiger partial charge in [-0.2, -0.15) is 0 Å². The zero-order chi connectivity index (χ0) is 14.9. The van der Waals surface area contributed by atoms with Gasteiger partial charge in [-0.25, -0.2) is 4.79 Å². The van der Waals surface area contributed by atoms with Crippen molar-refractivity contribution in [1.82, 2.24) is 15.6 Å². The molecule has 1 fully saturated rings. The molecule has 7 heteroatoms. The van der Waals surface area contributed by atoms with Gasteiger partial charge in [-0.15, -0.1) is 0 Å². The molecule has 3 N–H and O–H groups in total. The molecule has 1 aromatic heterocycles. The topological polar surface area (TPSA) is 83.2 Å². The molecule has 1 amide bonds. The zero-order valence-corrected chi connectivity index (χ0v) is 12.2. The molecule has 1 aromatic rings. The Balaban J connectivity index is 2.38. The van der Waals surface area contributed by atoms with Crippen molar-refractivity contribution in [3.63, 3.8) is 0 Å². The second kappa shape index (κ2) is 5.46. The number of H-pyrrole nitrogens is 1. The second-order valence-electron chi connectivity index (χ2n) is 4.35. The number of carbonyl (C=O) groups excluding carboxylic acids is 2. The smallest absolute Gasteiger partial charge is 0.340 e. The van der Waals surface area contributed by atoms with Gasteiger partial charge in [0.25, 0.3) is 5.91 Å². The Labute approximate surface area is 121 Å². The van der Waals surface area contributed by atoms with Crippen LogP contribution in [0, 0.1) is 13.8 Å². The number of aromatic nitrogens is 1. The first-order valence-electron chi connectivity index (χ1n) is 6.14. The highest BCUT2D eigenvalue weighted by atomic mass is 32.1. The van der Waals surface area contributed by atoms with Gasteiger partial charge in [-0.3, -0.25) is 10.1 Å². The van der Waals surface area contributed by atoms with Crippen molar-refractivity contribution in [1.29, 1.82) is 0 Å². The lowest BCUT2D eigenvalue weighted by atomic mass is 10.1. The van der Waals surface area contributed by atoms with E-state index in [1.165, 1.54) is 0 Å². The number of aryl methyl sites for hydroxylation is 1. The maximum Gasteiger partial charge on any atom is 0.340 e. The van der Waals surface area contributed by atoms with Gasteiger partial charge in [0.05, 0.1) is 12.2 Å². The minimum atomic E-state index is -0.372. The summed E-state index contributed by atoms with van der Waals surface area (Å²) in [7, 11) is 0. The Morgan fingerprint density at radius 1 is 1.35 bits per heavy atom. The molecular weight excluding hydrogens is 278 g/mol. The maximum atomic E-state index is 11.9. The Bertz CT molecular complexity index is 631. The molecule has 0 unspecified atom stereocenters. The summed E-state index contributed by atoms with van der Waals surface area (Å²) >= 11 is 4.86. The molecule has 1 aliphatic rings. The molecule has 1 aliphatic heterocycles. The van der Waals surface area contributed by atoms with E-state index in [0.717, 1.165) is 5.56 Å². The average Bonchev–Trinajstić information content (AvgIpc) is 2.81. The highest BCUT2D eigenvalue weighted by molar-refractivity contribution is 7.80. The van der Waals surface area contributed by atoms with Crippen LogP contribution in [-0.4, -0.2) is 28.6 Å². The Morgan fingerprint density at radius 3 is 2.60 bits per heavy atom. The van der Waals surface area contributed by atoms with Crippen LogP contribution in [0.4, 0.5) is 0 Å². The third-order valence-corrected chi connectivity index (χ3v) is 3.17. The van der Waals surface area contributed by atoms with Crippen molar-refractivity contribution in [2.75, 3.05) is 6.61 Å². The van der Waals surface area contributed by atoms with Gasteiger partial charge in [-0.1, -0.05) is 0 Å². The van der Waals surface area contributed by atoms with Crippen molar-refractivity contribution >= 4 is 35.3 Å². The molecule has 20 heavy (non-hydrogen) atoms. The maximum absolute atomic E-state index is 11.9. The predicted molar refractivity (Wildman–Crippen MR) is 78.1 cm³/mol. The summed E-state index contributed by atoms with van der Waals surface area (Å²) in [4.78, 5) is 26.5. The molecule has 0 bridgehead atoms. The molecule has 106 valence electrons. The first kappa shape index (κ1) is 14.3. The Hall–Kier alpha value is -2.15. The zero-order valence-electron chi connectivity index (χ0n) is 11.4. The van der Waals surface area contributed by atoms with Crippen LogP contribution in [0.1, 0.15) is 34.2 Å². The van der Waals surface area contributed by atoms with E-state index in [0.29, 0.717) is 29.3 Å². The summed E-state index contributed by atoms with van der Waals surface area (Å²) in [6.07, 6.45) is 1.62. The van der Waals surface area contributed by atoms with Crippen LogP contribution >= 0.6 is 12.2 Å². The molecule has 2 rings (SSSR count). The number of hydrogen-bond donors (Lipinski definition) is 3. The second-order valence-corrected chi connectivity index (χ2v) is 4.76. The van der Waals surface area contributed by atoms with E-state index in [9.17, 15) is 9.59 Å². The fourth-order valence-corrected chi connectivity index (χ4v) is 2.26. The SMILES string of the molecule is CCOC(=O)c1c(C)[nH]c(/C=C2\NC(=S)NC2=O)c1C. The summed E-state index contributed by atoms with van der Waals surface area (Å²) in [6, 6.07) is 0. The van der Waals surface area contributed by atoms with Gasteiger partial charge in [0.1, 0.15) is 5.70 Å². The van der Waals surface area contributed by atoms with Crippen LogP contribution in [0.25, 0.3) is 6.08 Å². The molecule has 2 heterocycles. The highest BCUT2D eigenvalue weighted by Gasteiger charge is 2.23. The summed E-state index contributed by atoms with van der Waals surface area (Å²) < 4.78 is 5.02. The number of hydrogen-bond acceptors (Lipinski definition) is 4. The largest absolute Gasteiger partial charge is 0.462 e. The number of amides is 1. The lowest BCUT2D eigenvalue weighted by molar-refractivity contribution is -0.115. The van der Waals surface area contributed by atoms with Gasteiger partial charge in [0.15, 0.2) is 5.11 Å². The molecule has 0 atom stereocenters. The van der Waals surface area contributed by atoms with Crippen molar-refractivity contribution < 1.29 is 14.3 Å². The molecule has 0 aromatic carbocycles. The normalized spacial score (nSPS) is 16.2. The molecular formula is C13H15N3O3S. The number of esters is 1.